The Kier molecular flexibility index (Phi) is 2.34. The Balaban J connectivity index is 1.86. The third kappa shape index (κ3) is 1.79. The lowest BCUT2D eigenvalue weighted by atomic mass is 10.2. The zero-order valence-corrected chi connectivity index (χ0v) is 8.85. The number of aromatic nitrogens is 3. The van der Waals surface area contributed by atoms with Crippen molar-refractivity contribution in [3.05, 3.63) is 53.4 Å². The molecule has 2 aromatic rings. The Morgan fingerprint density at radius 2 is 2.25 bits per heavy atom. The summed E-state index contributed by atoms with van der Waals surface area (Å²) in [7, 11) is 0. The average molecular weight is 212 g/mol. The van der Waals surface area contributed by atoms with Crippen LogP contribution in [-0.4, -0.2) is 15.0 Å². The predicted octanol–water partition coefficient (Wildman–Crippen LogP) is 1.07. The van der Waals surface area contributed by atoms with Gasteiger partial charge in [0.15, 0.2) is 0 Å². The lowest BCUT2D eigenvalue weighted by Gasteiger charge is -2.02. The van der Waals surface area contributed by atoms with Gasteiger partial charge in [0.2, 0.25) is 0 Å². The van der Waals surface area contributed by atoms with E-state index in [9.17, 15) is 0 Å². The second-order valence-electron chi connectivity index (χ2n) is 3.90. The topological polar surface area (TPSA) is 50.7 Å². The van der Waals surface area contributed by atoms with E-state index >= 15 is 0 Å². The van der Waals surface area contributed by atoms with Crippen molar-refractivity contribution in [3.8, 4) is 0 Å². The summed E-state index contributed by atoms with van der Waals surface area (Å²) < 4.78 is 0. The van der Waals surface area contributed by atoms with E-state index in [2.05, 4.69) is 20.3 Å². The van der Waals surface area contributed by atoms with Crippen molar-refractivity contribution in [3.63, 3.8) is 0 Å². The highest BCUT2D eigenvalue weighted by Gasteiger charge is 2.12. The van der Waals surface area contributed by atoms with E-state index in [1.807, 2.05) is 24.5 Å². The van der Waals surface area contributed by atoms with E-state index in [1.54, 1.807) is 6.20 Å². The molecule has 80 valence electrons. The molecule has 3 rings (SSSR count). The molecule has 0 radical (unpaired) electrons. The number of nitrogens with zero attached hydrogens (tertiary/aromatic N) is 3. The number of rotatable bonds is 2. The standard InChI is InChI=1S/C12H12N4/c1-2-9(5-13-3-1)4-12-15-7-10-6-14-8-11(10)16-12/h1-3,5,7,14H,4,6,8H2. The zero-order chi connectivity index (χ0) is 10.8. The van der Waals surface area contributed by atoms with Crippen molar-refractivity contribution >= 4 is 0 Å². The van der Waals surface area contributed by atoms with Crippen LogP contribution in [0.5, 0.6) is 0 Å². The van der Waals surface area contributed by atoms with Gasteiger partial charge in [-0.2, -0.15) is 0 Å². The number of hydrogen-bond donors (Lipinski definition) is 1. The lowest BCUT2D eigenvalue weighted by Crippen LogP contribution is -2.02. The maximum Gasteiger partial charge on any atom is 0.133 e. The summed E-state index contributed by atoms with van der Waals surface area (Å²) in [5.41, 5.74) is 3.50. The van der Waals surface area contributed by atoms with Crippen molar-refractivity contribution in [2.45, 2.75) is 19.5 Å². The summed E-state index contributed by atoms with van der Waals surface area (Å²) >= 11 is 0. The Morgan fingerprint density at radius 1 is 1.25 bits per heavy atom. The van der Waals surface area contributed by atoms with Crippen LogP contribution in [0.25, 0.3) is 0 Å². The summed E-state index contributed by atoms with van der Waals surface area (Å²) in [4.78, 5) is 13.0. The average Bonchev–Trinajstić information content (AvgIpc) is 2.77. The normalized spacial score (nSPS) is 13.8. The van der Waals surface area contributed by atoms with Crippen LogP contribution in [0.2, 0.25) is 0 Å². The summed E-state index contributed by atoms with van der Waals surface area (Å²) in [5.74, 6) is 0.871. The minimum Gasteiger partial charge on any atom is -0.307 e. The van der Waals surface area contributed by atoms with Crippen LogP contribution in [-0.2, 0) is 19.5 Å². The van der Waals surface area contributed by atoms with Gasteiger partial charge in [0, 0.05) is 43.7 Å². The van der Waals surface area contributed by atoms with Crippen molar-refractivity contribution < 1.29 is 0 Å². The Hall–Kier alpha value is -1.81. The summed E-state index contributed by atoms with van der Waals surface area (Å²) in [5, 5.41) is 3.26. The van der Waals surface area contributed by atoms with Gasteiger partial charge in [-0.15, -0.1) is 0 Å². The number of nitrogens with one attached hydrogen (secondary N) is 1. The van der Waals surface area contributed by atoms with Gasteiger partial charge in [0.25, 0.3) is 0 Å². The van der Waals surface area contributed by atoms with Crippen molar-refractivity contribution in [2.24, 2.45) is 0 Å². The van der Waals surface area contributed by atoms with Crippen LogP contribution in [0.4, 0.5) is 0 Å². The highest BCUT2D eigenvalue weighted by Crippen LogP contribution is 2.12. The van der Waals surface area contributed by atoms with E-state index in [1.165, 1.54) is 5.56 Å². The molecule has 1 aliphatic heterocycles. The second-order valence-corrected chi connectivity index (χ2v) is 3.90. The summed E-state index contributed by atoms with van der Waals surface area (Å²) in [6.07, 6.45) is 6.31. The molecule has 0 bridgehead atoms. The highest BCUT2D eigenvalue weighted by atomic mass is 15.0. The maximum atomic E-state index is 4.55. The number of fused-ring (bicyclic) bond motifs is 1. The quantitative estimate of drug-likeness (QED) is 0.809. The molecule has 1 aliphatic rings. The van der Waals surface area contributed by atoms with E-state index in [0.717, 1.165) is 36.6 Å². The van der Waals surface area contributed by atoms with Gasteiger partial charge in [-0.1, -0.05) is 6.07 Å². The lowest BCUT2D eigenvalue weighted by molar-refractivity contribution is 0.756. The van der Waals surface area contributed by atoms with Gasteiger partial charge in [-0.3, -0.25) is 4.98 Å². The molecule has 1 N–H and O–H groups in total. The monoisotopic (exact) mass is 212 g/mol. The first kappa shape index (κ1) is 9.42. The molecule has 0 saturated carbocycles. The van der Waals surface area contributed by atoms with Gasteiger partial charge >= 0.3 is 0 Å². The minimum atomic E-state index is 0.751. The Morgan fingerprint density at radius 3 is 3.12 bits per heavy atom. The van der Waals surface area contributed by atoms with E-state index in [0.29, 0.717) is 0 Å². The van der Waals surface area contributed by atoms with Gasteiger partial charge in [0.05, 0.1) is 5.69 Å². The molecule has 3 heterocycles. The fourth-order valence-corrected chi connectivity index (χ4v) is 1.87. The van der Waals surface area contributed by atoms with Gasteiger partial charge < -0.3 is 5.32 Å². The summed E-state index contributed by atoms with van der Waals surface area (Å²) in [6, 6.07) is 3.98. The van der Waals surface area contributed by atoms with Gasteiger partial charge in [-0.25, -0.2) is 9.97 Å². The second kappa shape index (κ2) is 3.98. The number of pyridine rings is 1. The molecule has 0 atom stereocenters. The van der Waals surface area contributed by atoms with Crippen molar-refractivity contribution in [1.29, 1.82) is 0 Å². The zero-order valence-electron chi connectivity index (χ0n) is 8.85. The predicted molar refractivity (Wildman–Crippen MR) is 59.6 cm³/mol. The molecule has 16 heavy (non-hydrogen) atoms. The Labute approximate surface area is 93.8 Å². The van der Waals surface area contributed by atoms with Gasteiger partial charge in [-0.05, 0) is 11.6 Å². The van der Waals surface area contributed by atoms with Crippen LogP contribution >= 0.6 is 0 Å². The van der Waals surface area contributed by atoms with Gasteiger partial charge in [0.1, 0.15) is 5.82 Å². The molecule has 0 fully saturated rings. The molecule has 0 saturated heterocycles. The van der Waals surface area contributed by atoms with E-state index < -0.39 is 0 Å². The van der Waals surface area contributed by atoms with Crippen molar-refractivity contribution in [2.75, 3.05) is 0 Å². The Bertz CT molecular complexity index is 496. The maximum absolute atomic E-state index is 4.55. The fourth-order valence-electron chi connectivity index (χ4n) is 1.87. The third-order valence-corrected chi connectivity index (χ3v) is 2.70. The molecule has 0 spiro atoms. The molecule has 2 aromatic heterocycles. The molecule has 4 heteroatoms. The molecule has 0 unspecified atom stereocenters. The first-order valence-electron chi connectivity index (χ1n) is 5.35. The largest absolute Gasteiger partial charge is 0.307 e. The van der Waals surface area contributed by atoms with Crippen LogP contribution in [0.3, 0.4) is 0 Å². The third-order valence-electron chi connectivity index (χ3n) is 2.70. The molecule has 0 amide bonds. The first-order valence-corrected chi connectivity index (χ1v) is 5.35. The molecular weight excluding hydrogens is 200 g/mol. The van der Waals surface area contributed by atoms with Crippen molar-refractivity contribution in [1.82, 2.24) is 20.3 Å². The molecule has 0 aromatic carbocycles. The van der Waals surface area contributed by atoms with Crippen LogP contribution in [0, 0.1) is 0 Å². The van der Waals surface area contributed by atoms with E-state index in [-0.39, 0.29) is 0 Å². The smallest absolute Gasteiger partial charge is 0.133 e. The minimum absolute atomic E-state index is 0.751. The number of hydrogen-bond acceptors (Lipinski definition) is 4. The van der Waals surface area contributed by atoms with E-state index in [4.69, 9.17) is 0 Å². The summed E-state index contributed by atoms with van der Waals surface area (Å²) in [6.45, 7) is 1.75. The SMILES string of the molecule is c1cncc(Cc2ncc3c(n2)CNC3)c1. The first-order chi connectivity index (χ1) is 7.92. The van der Waals surface area contributed by atoms with Crippen LogP contribution in [0.1, 0.15) is 22.6 Å². The van der Waals surface area contributed by atoms with Crippen LogP contribution in [0.15, 0.2) is 30.7 Å². The fraction of sp³-hybridized carbons (Fsp3) is 0.250. The molecular formula is C12H12N4. The molecule has 0 aliphatic carbocycles. The van der Waals surface area contributed by atoms with Crippen LogP contribution < -0.4 is 5.32 Å². The molecule has 4 nitrogen and oxygen atoms in total. The highest BCUT2D eigenvalue weighted by molar-refractivity contribution is 5.23.